The van der Waals surface area contributed by atoms with Crippen LogP contribution in [0.2, 0.25) is 0 Å². The van der Waals surface area contributed by atoms with E-state index in [9.17, 15) is 14.7 Å². The summed E-state index contributed by atoms with van der Waals surface area (Å²) < 4.78 is 5.27. The second kappa shape index (κ2) is 6.60. The molecule has 0 aromatic heterocycles. The van der Waals surface area contributed by atoms with Crippen LogP contribution in [0.15, 0.2) is 24.3 Å². The van der Waals surface area contributed by atoms with E-state index in [1.54, 1.807) is 7.11 Å². The number of amides is 1. The summed E-state index contributed by atoms with van der Waals surface area (Å²) >= 11 is 0. The number of hydrogen-bond acceptors (Lipinski definition) is 3. The van der Waals surface area contributed by atoms with Crippen LogP contribution in [0.1, 0.15) is 24.8 Å². The molecule has 3 unspecified atom stereocenters. The molecule has 2 N–H and O–H groups in total. The number of nitrogens with one attached hydrogen (secondary N) is 1. The molecule has 0 spiro atoms. The van der Waals surface area contributed by atoms with Crippen LogP contribution in [0.4, 0.5) is 0 Å². The zero-order chi connectivity index (χ0) is 16.4. The largest absolute Gasteiger partial charge is 0.496 e. The molecule has 3 atom stereocenters. The minimum atomic E-state index is -0.896. The molecular weight excluding hydrogens is 294 g/mol. The van der Waals surface area contributed by atoms with E-state index in [1.807, 2.05) is 24.3 Å². The summed E-state index contributed by atoms with van der Waals surface area (Å²) in [5, 5.41) is 12.3. The van der Waals surface area contributed by atoms with Gasteiger partial charge < -0.3 is 15.2 Å². The van der Waals surface area contributed by atoms with E-state index < -0.39 is 11.9 Å². The molecule has 1 aromatic carbocycles. The van der Waals surface area contributed by atoms with Crippen LogP contribution in [-0.2, 0) is 16.0 Å². The molecule has 2 aliphatic rings. The van der Waals surface area contributed by atoms with E-state index in [-0.39, 0.29) is 18.4 Å². The molecule has 5 nitrogen and oxygen atoms in total. The highest BCUT2D eigenvalue weighted by atomic mass is 16.5. The Labute approximate surface area is 136 Å². The van der Waals surface area contributed by atoms with Gasteiger partial charge in [0, 0.05) is 12.5 Å². The molecule has 1 amide bonds. The molecule has 23 heavy (non-hydrogen) atoms. The topological polar surface area (TPSA) is 75.6 Å². The summed E-state index contributed by atoms with van der Waals surface area (Å²) in [5.41, 5.74) is 0.847. The van der Waals surface area contributed by atoms with Gasteiger partial charge in [0.1, 0.15) is 5.75 Å². The number of ether oxygens (including phenoxy) is 1. The van der Waals surface area contributed by atoms with E-state index in [4.69, 9.17) is 4.74 Å². The Morgan fingerprint density at radius 1 is 1.30 bits per heavy atom. The molecule has 0 aliphatic heterocycles. The predicted octanol–water partition coefficient (Wildman–Crippen LogP) is 2.10. The standard InChI is InChI=1S/C18H23NO4/c1-23-15-8-3-2-5-11(15)9-12(18(21)22)10-19-17(20)16-13-6-4-7-14(13)16/h2-3,5,8,12-14,16H,4,6-7,9-10H2,1H3,(H,19,20)(H,21,22). The number of rotatable bonds is 7. The lowest BCUT2D eigenvalue weighted by atomic mass is 9.98. The Morgan fingerprint density at radius 3 is 2.65 bits per heavy atom. The molecule has 2 fully saturated rings. The molecule has 2 saturated carbocycles. The summed E-state index contributed by atoms with van der Waals surface area (Å²) in [5.74, 6) is 0.401. The third-order valence-corrected chi connectivity index (χ3v) is 5.24. The summed E-state index contributed by atoms with van der Waals surface area (Å²) in [6.45, 7) is 0.169. The number of benzene rings is 1. The molecule has 0 bridgehead atoms. The second-order valence-electron chi connectivity index (χ2n) is 6.58. The van der Waals surface area contributed by atoms with Crippen molar-refractivity contribution in [1.29, 1.82) is 0 Å². The van der Waals surface area contributed by atoms with Crippen molar-refractivity contribution < 1.29 is 19.4 Å². The fraction of sp³-hybridized carbons (Fsp3) is 0.556. The van der Waals surface area contributed by atoms with Gasteiger partial charge in [-0.2, -0.15) is 0 Å². The van der Waals surface area contributed by atoms with E-state index in [2.05, 4.69) is 5.32 Å². The van der Waals surface area contributed by atoms with E-state index in [1.165, 1.54) is 6.42 Å². The number of carboxylic acids is 1. The van der Waals surface area contributed by atoms with Gasteiger partial charge in [-0.15, -0.1) is 0 Å². The zero-order valence-corrected chi connectivity index (χ0v) is 13.3. The minimum absolute atomic E-state index is 0.0333. The highest BCUT2D eigenvalue weighted by molar-refractivity contribution is 5.83. The Kier molecular flexibility index (Phi) is 4.55. The number of aliphatic carboxylic acids is 1. The first-order chi connectivity index (χ1) is 11.1. The van der Waals surface area contributed by atoms with Gasteiger partial charge in [0.05, 0.1) is 13.0 Å². The molecular formula is C18H23NO4. The van der Waals surface area contributed by atoms with Crippen LogP contribution in [0.5, 0.6) is 5.75 Å². The van der Waals surface area contributed by atoms with Crippen molar-refractivity contribution in [2.45, 2.75) is 25.7 Å². The van der Waals surface area contributed by atoms with Crippen molar-refractivity contribution in [2.24, 2.45) is 23.7 Å². The SMILES string of the molecule is COc1ccccc1CC(CNC(=O)C1C2CCCC21)C(=O)O. The Balaban J connectivity index is 1.57. The molecule has 2 aliphatic carbocycles. The van der Waals surface area contributed by atoms with Gasteiger partial charge in [0.25, 0.3) is 0 Å². The fourth-order valence-electron chi connectivity index (χ4n) is 3.94. The van der Waals surface area contributed by atoms with Crippen molar-refractivity contribution in [2.75, 3.05) is 13.7 Å². The van der Waals surface area contributed by atoms with Crippen molar-refractivity contribution >= 4 is 11.9 Å². The van der Waals surface area contributed by atoms with Crippen molar-refractivity contribution in [3.05, 3.63) is 29.8 Å². The van der Waals surface area contributed by atoms with Crippen molar-refractivity contribution in [3.8, 4) is 5.75 Å². The van der Waals surface area contributed by atoms with Gasteiger partial charge in [-0.1, -0.05) is 24.6 Å². The van der Waals surface area contributed by atoms with E-state index in [0.717, 1.165) is 18.4 Å². The number of carbonyl (C=O) groups is 2. The quantitative estimate of drug-likeness (QED) is 0.807. The normalized spacial score (nSPS) is 26.2. The summed E-state index contributed by atoms with van der Waals surface area (Å²) in [6, 6.07) is 7.40. The van der Waals surface area contributed by atoms with Crippen LogP contribution < -0.4 is 10.1 Å². The van der Waals surface area contributed by atoms with E-state index in [0.29, 0.717) is 24.0 Å². The molecule has 0 saturated heterocycles. The molecule has 124 valence electrons. The molecule has 5 heteroatoms. The lowest BCUT2D eigenvalue weighted by molar-refractivity contribution is -0.141. The monoisotopic (exact) mass is 317 g/mol. The number of methoxy groups -OCH3 is 1. The minimum Gasteiger partial charge on any atom is -0.496 e. The fourth-order valence-corrected chi connectivity index (χ4v) is 3.94. The maximum Gasteiger partial charge on any atom is 0.308 e. The van der Waals surface area contributed by atoms with Crippen molar-refractivity contribution in [3.63, 3.8) is 0 Å². The van der Waals surface area contributed by atoms with Crippen LogP contribution in [-0.4, -0.2) is 30.6 Å². The number of carbonyl (C=O) groups excluding carboxylic acids is 1. The zero-order valence-electron chi connectivity index (χ0n) is 13.3. The molecule has 3 rings (SSSR count). The smallest absolute Gasteiger partial charge is 0.308 e. The summed E-state index contributed by atoms with van der Waals surface area (Å²) in [4.78, 5) is 23.7. The van der Waals surface area contributed by atoms with Crippen LogP contribution in [0.3, 0.4) is 0 Å². The Hall–Kier alpha value is -2.04. The average molecular weight is 317 g/mol. The van der Waals surface area contributed by atoms with Gasteiger partial charge in [0.2, 0.25) is 5.91 Å². The average Bonchev–Trinajstić information content (AvgIpc) is 3.03. The van der Waals surface area contributed by atoms with Crippen molar-refractivity contribution in [1.82, 2.24) is 5.32 Å². The molecule has 0 heterocycles. The van der Waals surface area contributed by atoms with Crippen LogP contribution in [0.25, 0.3) is 0 Å². The van der Waals surface area contributed by atoms with Crippen LogP contribution in [0, 0.1) is 23.7 Å². The molecule has 1 aromatic rings. The van der Waals surface area contributed by atoms with Gasteiger partial charge in [-0.3, -0.25) is 9.59 Å². The first kappa shape index (κ1) is 15.8. The highest BCUT2D eigenvalue weighted by Gasteiger charge is 2.56. The van der Waals surface area contributed by atoms with E-state index >= 15 is 0 Å². The Bertz CT molecular complexity index is 590. The van der Waals surface area contributed by atoms with Gasteiger partial charge in [-0.25, -0.2) is 0 Å². The predicted molar refractivity (Wildman–Crippen MR) is 85.2 cm³/mol. The lowest BCUT2D eigenvalue weighted by Crippen LogP contribution is -2.35. The maximum absolute atomic E-state index is 12.2. The third-order valence-electron chi connectivity index (χ3n) is 5.24. The summed E-state index contributed by atoms with van der Waals surface area (Å²) in [7, 11) is 1.57. The molecule has 0 radical (unpaired) electrons. The first-order valence-electron chi connectivity index (χ1n) is 8.24. The first-order valence-corrected chi connectivity index (χ1v) is 8.24. The highest BCUT2D eigenvalue weighted by Crippen LogP contribution is 2.57. The van der Waals surface area contributed by atoms with Gasteiger partial charge in [-0.05, 0) is 42.7 Å². The Morgan fingerprint density at radius 2 is 2.00 bits per heavy atom. The number of fused-ring (bicyclic) bond motifs is 1. The summed E-state index contributed by atoms with van der Waals surface area (Å²) in [6.07, 6.45) is 3.86. The van der Waals surface area contributed by atoms with Gasteiger partial charge >= 0.3 is 5.97 Å². The number of carboxylic acid groups (broad SMARTS) is 1. The second-order valence-corrected chi connectivity index (χ2v) is 6.58. The number of para-hydroxylation sites is 1. The number of hydrogen-bond donors (Lipinski definition) is 2. The van der Waals surface area contributed by atoms with Crippen LogP contribution >= 0.6 is 0 Å². The lowest BCUT2D eigenvalue weighted by Gasteiger charge is -2.16. The third kappa shape index (κ3) is 3.33. The van der Waals surface area contributed by atoms with Gasteiger partial charge in [0.15, 0.2) is 0 Å². The maximum atomic E-state index is 12.2.